The van der Waals surface area contributed by atoms with Crippen molar-refractivity contribution in [2.75, 3.05) is 7.05 Å². The van der Waals surface area contributed by atoms with Crippen LogP contribution in [0.1, 0.15) is 28.1 Å². The molecule has 32 heavy (non-hydrogen) atoms. The zero-order chi connectivity index (χ0) is 23.3. The maximum atomic E-state index is 12.5. The van der Waals surface area contributed by atoms with Crippen LogP contribution in [-0.2, 0) is 24.4 Å². The van der Waals surface area contributed by atoms with Crippen molar-refractivity contribution >= 4 is 5.91 Å². The first kappa shape index (κ1) is 23.2. The lowest BCUT2D eigenvalue weighted by Crippen LogP contribution is -2.27. The van der Waals surface area contributed by atoms with Gasteiger partial charge in [-0.15, -0.1) is 13.2 Å². The Morgan fingerprint density at radius 1 is 1.00 bits per heavy atom. The van der Waals surface area contributed by atoms with Gasteiger partial charge in [0, 0.05) is 13.6 Å². The molecule has 0 N–H and O–H groups in total. The summed E-state index contributed by atoms with van der Waals surface area (Å²) in [6.45, 7) is 4.29. The number of halogens is 3. The maximum Gasteiger partial charge on any atom is 0.573 e. The van der Waals surface area contributed by atoms with E-state index in [1.165, 1.54) is 29.2 Å². The van der Waals surface area contributed by atoms with Gasteiger partial charge >= 0.3 is 6.36 Å². The lowest BCUT2D eigenvalue weighted by molar-refractivity contribution is -0.274. The van der Waals surface area contributed by atoms with E-state index < -0.39 is 6.36 Å². The van der Waals surface area contributed by atoms with E-state index >= 15 is 0 Å². The van der Waals surface area contributed by atoms with E-state index in [0.29, 0.717) is 17.9 Å². The van der Waals surface area contributed by atoms with Gasteiger partial charge in [-0.25, -0.2) is 0 Å². The SMILES string of the molecule is Cc1noc(C)c1COc1ccc(CC(=O)N(C)Cc2ccc(OC(F)(F)F)cc2)cc1. The van der Waals surface area contributed by atoms with Crippen LogP contribution in [0.15, 0.2) is 53.1 Å². The van der Waals surface area contributed by atoms with Gasteiger partial charge in [0.25, 0.3) is 0 Å². The van der Waals surface area contributed by atoms with Gasteiger partial charge in [0.05, 0.1) is 17.7 Å². The Labute approximate surface area is 183 Å². The highest BCUT2D eigenvalue weighted by atomic mass is 19.4. The number of amides is 1. The molecule has 1 aromatic heterocycles. The van der Waals surface area contributed by atoms with Crippen LogP contribution >= 0.6 is 0 Å². The predicted molar refractivity (Wildman–Crippen MR) is 110 cm³/mol. The van der Waals surface area contributed by atoms with Crippen LogP contribution in [0.25, 0.3) is 0 Å². The minimum atomic E-state index is -4.73. The Bertz CT molecular complexity index is 1030. The third-order valence-corrected chi connectivity index (χ3v) is 4.85. The smallest absolute Gasteiger partial charge is 0.489 e. The van der Waals surface area contributed by atoms with E-state index in [2.05, 4.69) is 9.89 Å². The summed E-state index contributed by atoms with van der Waals surface area (Å²) in [5.74, 6) is 0.961. The third kappa shape index (κ3) is 6.50. The molecule has 0 bridgehead atoms. The van der Waals surface area contributed by atoms with Crippen molar-refractivity contribution in [2.45, 2.75) is 39.8 Å². The maximum absolute atomic E-state index is 12.5. The minimum absolute atomic E-state index is 0.120. The first-order chi connectivity index (χ1) is 15.1. The standard InChI is InChI=1S/C23H23F3N2O4/c1-15-21(16(2)32-27-15)14-30-19-8-4-17(5-9-19)12-22(29)28(3)13-18-6-10-20(11-7-18)31-23(24,25)26/h4-11H,12-14H2,1-3H3. The van der Waals surface area contributed by atoms with E-state index in [1.807, 2.05) is 26.0 Å². The van der Waals surface area contributed by atoms with Crippen molar-refractivity contribution in [1.29, 1.82) is 0 Å². The molecule has 9 heteroatoms. The van der Waals surface area contributed by atoms with Gasteiger partial charge in [-0.2, -0.15) is 0 Å². The molecule has 0 radical (unpaired) electrons. The number of hydrogen-bond donors (Lipinski definition) is 0. The summed E-state index contributed by atoms with van der Waals surface area (Å²) in [6.07, 6.45) is -4.54. The molecule has 0 atom stereocenters. The summed E-state index contributed by atoms with van der Waals surface area (Å²) in [6, 6.07) is 12.7. The average Bonchev–Trinajstić information content (AvgIpc) is 3.05. The van der Waals surface area contributed by atoms with Crippen LogP contribution in [-0.4, -0.2) is 29.4 Å². The lowest BCUT2D eigenvalue weighted by atomic mass is 10.1. The predicted octanol–water partition coefficient (Wildman–Crippen LogP) is 4.97. The number of alkyl halides is 3. The first-order valence-corrected chi connectivity index (χ1v) is 9.83. The molecule has 6 nitrogen and oxygen atoms in total. The molecule has 0 unspecified atom stereocenters. The second-order valence-electron chi connectivity index (χ2n) is 7.35. The van der Waals surface area contributed by atoms with E-state index in [0.717, 1.165) is 22.6 Å². The molecular formula is C23H23F3N2O4. The van der Waals surface area contributed by atoms with Crippen molar-refractivity contribution < 1.29 is 32.0 Å². The molecule has 3 aromatic rings. The number of carbonyl (C=O) groups excluding carboxylic acids is 1. The number of likely N-dealkylation sites (N-methyl/N-ethyl adjacent to an activating group) is 1. The number of aryl methyl sites for hydroxylation is 2. The molecule has 0 saturated carbocycles. The number of aromatic nitrogens is 1. The second-order valence-corrected chi connectivity index (χ2v) is 7.35. The van der Waals surface area contributed by atoms with E-state index in [1.54, 1.807) is 19.2 Å². The Kier molecular flexibility index (Phi) is 7.07. The summed E-state index contributed by atoms with van der Waals surface area (Å²) < 4.78 is 51.4. The molecule has 0 aliphatic carbocycles. The van der Waals surface area contributed by atoms with Gasteiger partial charge in [0.2, 0.25) is 5.91 Å². The van der Waals surface area contributed by atoms with E-state index in [4.69, 9.17) is 9.26 Å². The molecule has 1 amide bonds. The Morgan fingerprint density at radius 2 is 1.59 bits per heavy atom. The highest BCUT2D eigenvalue weighted by molar-refractivity contribution is 5.78. The Morgan fingerprint density at radius 3 is 2.16 bits per heavy atom. The molecular weight excluding hydrogens is 425 g/mol. The molecule has 1 heterocycles. The van der Waals surface area contributed by atoms with Crippen LogP contribution in [0.3, 0.4) is 0 Å². The van der Waals surface area contributed by atoms with Crippen molar-refractivity contribution in [1.82, 2.24) is 10.1 Å². The number of hydrogen-bond acceptors (Lipinski definition) is 5. The molecule has 3 rings (SSSR count). The number of rotatable bonds is 8. The molecule has 0 saturated heterocycles. The molecule has 0 spiro atoms. The number of carbonyl (C=O) groups is 1. The van der Waals surface area contributed by atoms with Gasteiger partial charge < -0.3 is 18.9 Å². The van der Waals surface area contributed by atoms with Crippen LogP contribution in [0, 0.1) is 13.8 Å². The highest BCUT2D eigenvalue weighted by Crippen LogP contribution is 2.23. The topological polar surface area (TPSA) is 64.8 Å². The monoisotopic (exact) mass is 448 g/mol. The molecule has 170 valence electrons. The number of benzene rings is 2. The van der Waals surface area contributed by atoms with Gasteiger partial charge in [-0.3, -0.25) is 4.79 Å². The molecule has 0 aliphatic heterocycles. The Hall–Kier alpha value is -3.49. The van der Waals surface area contributed by atoms with Crippen molar-refractivity contribution in [3.05, 3.63) is 76.7 Å². The van der Waals surface area contributed by atoms with Crippen LogP contribution in [0.2, 0.25) is 0 Å². The molecule has 0 fully saturated rings. The summed E-state index contributed by atoms with van der Waals surface area (Å²) in [5, 5.41) is 3.89. The highest BCUT2D eigenvalue weighted by Gasteiger charge is 2.31. The Balaban J connectivity index is 1.50. The summed E-state index contributed by atoms with van der Waals surface area (Å²) >= 11 is 0. The quantitative estimate of drug-likeness (QED) is 0.487. The second kappa shape index (κ2) is 9.76. The molecule has 0 aliphatic rings. The summed E-state index contributed by atoms with van der Waals surface area (Å²) in [4.78, 5) is 14.0. The number of nitrogens with zero attached hydrogens (tertiary/aromatic N) is 2. The first-order valence-electron chi connectivity index (χ1n) is 9.83. The minimum Gasteiger partial charge on any atom is -0.489 e. The largest absolute Gasteiger partial charge is 0.573 e. The van der Waals surface area contributed by atoms with Crippen molar-refractivity contribution in [3.63, 3.8) is 0 Å². The average molecular weight is 448 g/mol. The fraction of sp³-hybridized carbons (Fsp3) is 0.304. The van der Waals surface area contributed by atoms with E-state index in [-0.39, 0.29) is 24.6 Å². The van der Waals surface area contributed by atoms with Crippen LogP contribution in [0.4, 0.5) is 13.2 Å². The van der Waals surface area contributed by atoms with Gasteiger partial charge in [-0.1, -0.05) is 29.4 Å². The summed E-state index contributed by atoms with van der Waals surface area (Å²) in [7, 11) is 1.64. The van der Waals surface area contributed by atoms with Crippen molar-refractivity contribution in [2.24, 2.45) is 0 Å². The van der Waals surface area contributed by atoms with Gasteiger partial charge in [-0.05, 0) is 49.2 Å². The fourth-order valence-electron chi connectivity index (χ4n) is 3.04. The number of ether oxygens (including phenoxy) is 2. The fourth-order valence-corrected chi connectivity index (χ4v) is 3.04. The normalized spacial score (nSPS) is 11.3. The third-order valence-electron chi connectivity index (χ3n) is 4.85. The molecule has 2 aromatic carbocycles. The summed E-state index contributed by atoms with van der Waals surface area (Å²) in [5.41, 5.74) is 3.21. The van der Waals surface area contributed by atoms with Gasteiger partial charge in [0.15, 0.2) is 0 Å². The van der Waals surface area contributed by atoms with Crippen LogP contribution in [0.5, 0.6) is 11.5 Å². The zero-order valence-corrected chi connectivity index (χ0v) is 17.9. The van der Waals surface area contributed by atoms with E-state index in [9.17, 15) is 18.0 Å². The van der Waals surface area contributed by atoms with Gasteiger partial charge in [0.1, 0.15) is 23.9 Å². The lowest BCUT2D eigenvalue weighted by Gasteiger charge is -2.18. The van der Waals surface area contributed by atoms with Crippen LogP contribution < -0.4 is 9.47 Å². The zero-order valence-electron chi connectivity index (χ0n) is 17.9. The van der Waals surface area contributed by atoms with Crippen molar-refractivity contribution in [3.8, 4) is 11.5 Å².